The fourth-order valence-electron chi connectivity index (χ4n) is 3.03. The third-order valence-electron chi connectivity index (χ3n) is 4.41. The van der Waals surface area contributed by atoms with Crippen molar-refractivity contribution in [2.75, 3.05) is 0 Å². The molecule has 4 nitrogen and oxygen atoms in total. The molecule has 0 aliphatic rings. The number of aromatic nitrogens is 3. The van der Waals surface area contributed by atoms with Crippen LogP contribution in [0, 0.1) is 4.77 Å². The first kappa shape index (κ1) is 19.6. The van der Waals surface area contributed by atoms with Crippen LogP contribution in [0.3, 0.4) is 0 Å². The first-order valence-corrected chi connectivity index (χ1v) is 10.00. The molecule has 29 heavy (non-hydrogen) atoms. The van der Waals surface area contributed by atoms with E-state index in [1.165, 1.54) is 4.68 Å². The van der Waals surface area contributed by atoms with Gasteiger partial charge in [0.25, 0.3) is 0 Å². The molecule has 0 fully saturated rings. The second-order valence-electron chi connectivity index (χ2n) is 6.35. The lowest BCUT2D eigenvalue weighted by atomic mass is 10.1. The highest BCUT2D eigenvalue weighted by atomic mass is 35.5. The van der Waals surface area contributed by atoms with E-state index in [1.807, 2.05) is 65.2 Å². The van der Waals surface area contributed by atoms with Gasteiger partial charge in [0.05, 0.1) is 5.02 Å². The standard InChI is InChI=1S/C22H15Cl2N3OS/c23-16-11-12-18(19(24)13-16)20(28)14-26-22(29)27(17-9-5-2-6-10-17)21(25-26)15-7-3-1-4-8-15/h1-13H,14H2. The Balaban J connectivity index is 1.80. The zero-order chi connectivity index (χ0) is 20.4. The minimum atomic E-state index is -0.194. The van der Waals surface area contributed by atoms with Crippen molar-refractivity contribution in [3.05, 3.63) is 99.2 Å². The predicted molar refractivity (Wildman–Crippen MR) is 119 cm³/mol. The van der Waals surface area contributed by atoms with Gasteiger partial charge in [0, 0.05) is 21.8 Å². The lowest BCUT2D eigenvalue weighted by molar-refractivity contribution is 0.0967. The number of nitrogens with zero attached hydrogens (tertiary/aromatic N) is 3. The highest BCUT2D eigenvalue weighted by Gasteiger charge is 2.18. The van der Waals surface area contributed by atoms with Crippen molar-refractivity contribution in [3.8, 4) is 17.1 Å². The number of Topliss-reactive ketones (excluding diaryl/α,β-unsaturated/α-hetero) is 1. The molecule has 0 aliphatic heterocycles. The molecule has 0 amide bonds. The van der Waals surface area contributed by atoms with Crippen LogP contribution in [0.1, 0.15) is 10.4 Å². The summed E-state index contributed by atoms with van der Waals surface area (Å²) in [5, 5.41) is 5.43. The molecule has 0 bridgehead atoms. The van der Waals surface area contributed by atoms with E-state index in [9.17, 15) is 4.79 Å². The molecule has 4 rings (SSSR count). The van der Waals surface area contributed by atoms with Crippen LogP contribution in [0.25, 0.3) is 17.1 Å². The average Bonchev–Trinajstić information content (AvgIpc) is 3.05. The first-order chi connectivity index (χ1) is 14.0. The van der Waals surface area contributed by atoms with E-state index in [0.717, 1.165) is 11.3 Å². The molecular formula is C22H15Cl2N3OS. The number of carbonyl (C=O) groups is 1. The summed E-state index contributed by atoms with van der Waals surface area (Å²) in [4.78, 5) is 12.8. The summed E-state index contributed by atoms with van der Waals surface area (Å²) < 4.78 is 3.81. The summed E-state index contributed by atoms with van der Waals surface area (Å²) in [6.07, 6.45) is 0. The lowest BCUT2D eigenvalue weighted by Crippen LogP contribution is -2.12. The van der Waals surface area contributed by atoms with Crippen LogP contribution in [0.15, 0.2) is 78.9 Å². The molecule has 0 spiro atoms. The van der Waals surface area contributed by atoms with E-state index in [0.29, 0.717) is 26.2 Å². The van der Waals surface area contributed by atoms with E-state index in [4.69, 9.17) is 35.4 Å². The van der Waals surface area contributed by atoms with Gasteiger partial charge in [-0.15, -0.1) is 0 Å². The van der Waals surface area contributed by atoms with E-state index >= 15 is 0 Å². The van der Waals surface area contributed by atoms with Crippen LogP contribution in [0.5, 0.6) is 0 Å². The monoisotopic (exact) mass is 439 g/mol. The molecule has 0 unspecified atom stereocenters. The van der Waals surface area contributed by atoms with Crippen molar-refractivity contribution in [1.82, 2.24) is 14.3 Å². The van der Waals surface area contributed by atoms with Crippen LogP contribution in [-0.4, -0.2) is 20.1 Å². The molecule has 0 saturated carbocycles. The molecule has 3 aromatic carbocycles. The summed E-state index contributed by atoms with van der Waals surface area (Å²) in [6, 6.07) is 24.2. The smallest absolute Gasteiger partial charge is 0.203 e. The van der Waals surface area contributed by atoms with Crippen molar-refractivity contribution in [1.29, 1.82) is 0 Å². The molecule has 1 aromatic heterocycles. The molecular weight excluding hydrogens is 425 g/mol. The highest BCUT2D eigenvalue weighted by molar-refractivity contribution is 7.71. The number of hydrogen-bond donors (Lipinski definition) is 0. The number of benzene rings is 3. The average molecular weight is 440 g/mol. The molecule has 0 aliphatic carbocycles. The molecule has 0 radical (unpaired) electrons. The Labute approximate surface area is 182 Å². The van der Waals surface area contributed by atoms with Gasteiger partial charge in [-0.1, -0.05) is 71.7 Å². The molecule has 144 valence electrons. The largest absolute Gasteiger partial charge is 0.292 e. The topological polar surface area (TPSA) is 39.8 Å². The third kappa shape index (κ3) is 4.03. The Bertz CT molecular complexity index is 1230. The summed E-state index contributed by atoms with van der Waals surface area (Å²) in [7, 11) is 0. The SMILES string of the molecule is O=C(Cn1nc(-c2ccccc2)n(-c2ccccc2)c1=S)c1ccc(Cl)cc1Cl. The summed E-state index contributed by atoms with van der Waals surface area (Å²) in [5.74, 6) is 0.469. The summed E-state index contributed by atoms with van der Waals surface area (Å²) >= 11 is 17.8. The zero-order valence-electron chi connectivity index (χ0n) is 15.1. The maximum atomic E-state index is 12.8. The van der Waals surface area contributed by atoms with Crippen molar-refractivity contribution in [2.45, 2.75) is 6.54 Å². The minimum absolute atomic E-state index is 0.0279. The molecule has 4 aromatic rings. The predicted octanol–water partition coefficient (Wildman–Crippen LogP) is 6.26. The van der Waals surface area contributed by atoms with Gasteiger partial charge in [-0.25, -0.2) is 4.68 Å². The number of halogens is 2. The minimum Gasteiger partial charge on any atom is -0.292 e. The number of hydrogen-bond acceptors (Lipinski definition) is 3. The van der Waals surface area contributed by atoms with Gasteiger partial charge in [-0.3, -0.25) is 9.36 Å². The van der Waals surface area contributed by atoms with Gasteiger partial charge in [0.1, 0.15) is 6.54 Å². The second-order valence-corrected chi connectivity index (χ2v) is 7.56. The fraction of sp³-hybridized carbons (Fsp3) is 0.0455. The Morgan fingerprint density at radius 3 is 2.24 bits per heavy atom. The van der Waals surface area contributed by atoms with Crippen molar-refractivity contribution < 1.29 is 4.79 Å². The number of ketones is 1. The van der Waals surface area contributed by atoms with Crippen LogP contribution in [-0.2, 0) is 6.54 Å². The van der Waals surface area contributed by atoms with Gasteiger partial charge in [0.2, 0.25) is 4.77 Å². The molecule has 1 heterocycles. The fourth-order valence-corrected chi connectivity index (χ4v) is 3.84. The first-order valence-electron chi connectivity index (χ1n) is 8.83. The number of rotatable bonds is 5. The zero-order valence-corrected chi connectivity index (χ0v) is 17.5. The molecule has 0 N–H and O–H groups in total. The maximum absolute atomic E-state index is 12.8. The highest BCUT2D eigenvalue weighted by Crippen LogP contribution is 2.24. The van der Waals surface area contributed by atoms with Gasteiger partial charge in [-0.05, 0) is 42.5 Å². The van der Waals surface area contributed by atoms with E-state index in [-0.39, 0.29) is 12.3 Å². The van der Waals surface area contributed by atoms with Crippen molar-refractivity contribution in [2.24, 2.45) is 0 Å². The van der Waals surface area contributed by atoms with E-state index in [1.54, 1.807) is 18.2 Å². The Morgan fingerprint density at radius 2 is 1.59 bits per heavy atom. The van der Waals surface area contributed by atoms with Gasteiger partial charge >= 0.3 is 0 Å². The second kappa shape index (κ2) is 8.33. The molecule has 0 atom stereocenters. The third-order valence-corrected chi connectivity index (χ3v) is 5.35. The Morgan fingerprint density at radius 1 is 0.931 bits per heavy atom. The quantitative estimate of drug-likeness (QED) is 0.272. The summed E-state index contributed by atoms with van der Waals surface area (Å²) in [6.45, 7) is -0.0279. The summed E-state index contributed by atoms with van der Waals surface area (Å²) in [5.41, 5.74) is 2.16. The van der Waals surface area contributed by atoms with Gasteiger partial charge in [0.15, 0.2) is 11.6 Å². The van der Waals surface area contributed by atoms with Gasteiger partial charge < -0.3 is 0 Å². The van der Waals surface area contributed by atoms with E-state index < -0.39 is 0 Å². The van der Waals surface area contributed by atoms with Crippen LogP contribution in [0.4, 0.5) is 0 Å². The van der Waals surface area contributed by atoms with Crippen molar-refractivity contribution in [3.63, 3.8) is 0 Å². The van der Waals surface area contributed by atoms with Crippen LogP contribution in [0.2, 0.25) is 10.0 Å². The molecule has 0 saturated heterocycles. The number of carbonyl (C=O) groups excluding carboxylic acids is 1. The maximum Gasteiger partial charge on any atom is 0.203 e. The van der Waals surface area contributed by atoms with Crippen LogP contribution >= 0.6 is 35.4 Å². The number of para-hydroxylation sites is 1. The van der Waals surface area contributed by atoms with Gasteiger partial charge in [-0.2, -0.15) is 5.10 Å². The lowest BCUT2D eigenvalue weighted by Gasteiger charge is -2.06. The Hall–Kier alpha value is -2.73. The normalized spacial score (nSPS) is 10.8. The van der Waals surface area contributed by atoms with Crippen LogP contribution < -0.4 is 0 Å². The Kier molecular flexibility index (Phi) is 5.62. The van der Waals surface area contributed by atoms with Crippen molar-refractivity contribution >= 4 is 41.2 Å². The molecule has 7 heteroatoms. The van der Waals surface area contributed by atoms with E-state index in [2.05, 4.69) is 5.10 Å².